The minimum absolute atomic E-state index is 0.201. The van der Waals surface area contributed by atoms with Crippen molar-refractivity contribution in [2.75, 3.05) is 0 Å². The number of carboxylic acids is 1. The number of aliphatic hydroxyl groups is 1. The molecule has 0 aliphatic rings. The Kier molecular flexibility index (Phi) is 7.48. The highest BCUT2D eigenvalue weighted by atomic mass is 16.4. The van der Waals surface area contributed by atoms with Gasteiger partial charge in [-0.25, -0.2) is 0 Å². The molecule has 0 radical (unpaired) electrons. The van der Waals surface area contributed by atoms with Crippen molar-refractivity contribution in [3.8, 4) is 0 Å². The fraction of sp³-hybridized carbons (Fsp3) is 0.909. The van der Waals surface area contributed by atoms with Gasteiger partial charge in [0.2, 0.25) is 0 Å². The number of carbonyl (C=O) groups is 1. The summed E-state index contributed by atoms with van der Waals surface area (Å²) in [6.45, 7) is 3.55. The molecular weight excluding hydrogens is 180 g/mol. The SMILES string of the molecule is CC(O)CCCCCCC(C)C(=O)O. The topological polar surface area (TPSA) is 57.5 Å². The van der Waals surface area contributed by atoms with Gasteiger partial charge in [0.25, 0.3) is 0 Å². The predicted octanol–water partition coefficient (Wildman–Crippen LogP) is 2.43. The van der Waals surface area contributed by atoms with Crippen molar-refractivity contribution in [1.82, 2.24) is 0 Å². The van der Waals surface area contributed by atoms with Gasteiger partial charge in [0, 0.05) is 0 Å². The lowest BCUT2D eigenvalue weighted by Crippen LogP contribution is -2.08. The molecule has 2 atom stereocenters. The highest BCUT2D eigenvalue weighted by Gasteiger charge is 2.09. The highest BCUT2D eigenvalue weighted by molar-refractivity contribution is 5.69. The summed E-state index contributed by atoms with van der Waals surface area (Å²) in [5, 5.41) is 17.6. The van der Waals surface area contributed by atoms with Crippen LogP contribution in [0.1, 0.15) is 52.4 Å². The van der Waals surface area contributed by atoms with E-state index in [-0.39, 0.29) is 12.0 Å². The summed E-state index contributed by atoms with van der Waals surface area (Å²) in [5.41, 5.74) is 0. The first-order chi connectivity index (χ1) is 6.54. The fourth-order valence-electron chi connectivity index (χ4n) is 1.37. The molecule has 0 aromatic heterocycles. The Morgan fingerprint density at radius 1 is 1.07 bits per heavy atom. The van der Waals surface area contributed by atoms with Crippen molar-refractivity contribution < 1.29 is 15.0 Å². The first-order valence-electron chi connectivity index (χ1n) is 5.45. The van der Waals surface area contributed by atoms with Crippen LogP contribution in [0, 0.1) is 5.92 Å². The molecule has 2 unspecified atom stereocenters. The molecule has 14 heavy (non-hydrogen) atoms. The van der Waals surface area contributed by atoms with Crippen LogP contribution in [0.15, 0.2) is 0 Å². The first-order valence-corrected chi connectivity index (χ1v) is 5.45. The number of unbranched alkanes of at least 4 members (excludes halogenated alkanes) is 3. The van der Waals surface area contributed by atoms with E-state index in [1.807, 2.05) is 0 Å². The second-order valence-electron chi connectivity index (χ2n) is 4.08. The predicted molar refractivity (Wildman–Crippen MR) is 56.2 cm³/mol. The molecule has 0 bridgehead atoms. The molecule has 0 aliphatic heterocycles. The lowest BCUT2D eigenvalue weighted by Gasteiger charge is -2.06. The number of carboxylic acid groups (broad SMARTS) is 1. The molecule has 3 nitrogen and oxygen atoms in total. The Bertz CT molecular complexity index is 155. The third kappa shape index (κ3) is 8.05. The van der Waals surface area contributed by atoms with Crippen molar-refractivity contribution in [2.24, 2.45) is 5.92 Å². The maximum atomic E-state index is 10.5. The summed E-state index contributed by atoms with van der Waals surface area (Å²) in [6, 6.07) is 0. The minimum Gasteiger partial charge on any atom is -0.481 e. The number of hydrogen-bond donors (Lipinski definition) is 2. The van der Waals surface area contributed by atoms with E-state index in [0.29, 0.717) is 0 Å². The van der Waals surface area contributed by atoms with Crippen molar-refractivity contribution in [2.45, 2.75) is 58.5 Å². The van der Waals surface area contributed by atoms with Crippen LogP contribution in [-0.4, -0.2) is 22.3 Å². The summed E-state index contributed by atoms with van der Waals surface area (Å²) in [5.74, 6) is -0.916. The molecule has 0 heterocycles. The third-order valence-corrected chi connectivity index (χ3v) is 2.43. The zero-order chi connectivity index (χ0) is 11.0. The number of aliphatic carboxylic acids is 1. The van der Waals surface area contributed by atoms with Gasteiger partial charge in [0.05, 0.1) is 12.0 Å². The highest BCUT2D eigenvalue weighted by Crippen LogP contribution is 2.12. The zero-order valence-corrected chi connectivity index (χ0v) is 9.20. The maximum Gasteiger partial charge on any atom is 0.306 e. The van der Waals surface area contributed by atoms with Crippen LogP contribution in [0.5, 0.6) is 0 Å². The maximum absolute atomic E-state index is 10.5. The van der Waals surface area contributed by atoms with E-state index < -0.39 is 5.97 Å². The molecule has 3 heteroatoms. The van der Waals surface area contributed by atoms with E-state index in [1.54, 1.807) is 13.8 Å². The van der Waals surface area contributed by atoms with Crippen LogP contribution in [0.2, 0.25) is 0 Å². The Labute approximate surface area is 86.1 Å². The van der Waals surface area contributed by atoms with Crippen molar-refractivity contribution >= 4 is 5.97 Å². The molecular formula is C11H22O3. The van der Waals surface area contributed by atoms with E-state index in [0.717, 1.165) is 38.5 Å². The first kappa shape index (κ1) is 13.4. The van der Waals surface area contributed by atoms with Crippen molar-refractivity contribution in [3.63, 3.8) is 0 Å². The molecule has 84 valence electrons. The molecule has 0 fully saturated rings. The summed E-state index contributed by atoms with van der Waals surface area (Å²) in [6.07, 6.45) is 5.61. The average molecular weight is 202 g/mol. The van der Waals surface area contributed by atoms with Gasteiger partial charge in [0.15, 0.2) is 0 Å². The molecule has 0 rings (SSSR count). The molecule has 0 saturated carbocycles. The molecule has 0 aromatic rings. The molecule has 0 saturated heterocycles. The van der Waals surface area contributed by atoms with Crippen molar-refractivity contribution in [1.29, 1.82) is 0 Å². The monoisotopic (exact) mass is 202 g/mol. The lowest BCUT2D eigenvalue weighted by molar-refractivity contribution is -0.141. The van der Waals surface area contributed by atoms with E-state index in [9.17, 15) is 4.79 Å². The van der Waals surface area contributed by atoms with Crippen molar-refractivity contribution in [3.05, 3.63) is 0 Å². The smallest absolute Gasteiger partial charge is 0.306 e. The summed E-state index contributed by atoms with van der Waals surface area (Å²) in [7, 11) is 0. The molecule has 0 amide bonds. The molecule has 0 spiro atoms. The quantitative estimate of drug-likeness (QED) is 0.594. The minimum atomic E-state index is -0.700. The summed E-state index contributed by atoms with van der Waals surface area (Å²) < 4.78 is 0. The standard InChI is InChI=1S/C11H22O3/c1-9(11(13)14)7-5-3-4-6-8-10(2)12/h9-10,12H,3-8H2,1-2H3,(H,13,14). The van der Waals surface area contributed by atoms with Crippen LogP contribution in [0.4, 0.5) is 0 Å². The van der Waals surface area contributed by atoms with Crippen LogP contribution >= 0.6 is 0 Å². The third-order valence-electron chi connectivity index (χ3n) is 2.43. The average Bonchev–Trinajstić information content (AvgIpc) is 2.09. The van der Waals surface area contributed by atoms with Gasteiger partial charge in [-0.3, -0.25) is 4.79 Å². The van der Waals surface area contributed by atoms with Gasteiger partial charge in [0.1, 0.15) is 0 Å². The van der Waals surface area contributed by atoms with Gasteiger partial charge in [-0.15, -0.1) is 0 Å². The summed E-state index contributed by atoms with van der Waals surface area (Å²) >= 11 is 0. The molecule has 0 aliphatic carbocycles. The Balaban J connectivity index is 3.17. The number of hydrogen-bond acceptors (Lipinski definition) is 2. The Morgan fingerprint density at radius 2 is 1.57 bits per heavy atom. The van der Waals surface area contributed by atoms with Gasteiger partial charge in [-0.2, -0.15) is 0 Å². The Morgan fingerprint density at radius 3 is 2.00 bits per heavy atom. The van der Waals surface area contributed by atoms with Gasteiger partial charge < -0.3 is 10.2 Å². The van der Waals surface area contributed by atoms with Crippen LogP contribution in [-0.2, 0) is 4.79 Å². The second-order valence-corrected chi connectivity index (χ2v) is 4.08. The fourth-order valence-corrected chi connectivity index (χ4v) is 1.37. The number of aliphatic hydroxyl groups excluding tert-OH is 1. The second kappa shape index (κ2) is 7.80. The number of rotatable bonds is 8. The van der Waals surface area contributed by atoms with Gasteiger partial charge in [-0.1, -0.05) is 32.6 Å². The van der Waals surface area contributed by atoms with E-state index in [1.165, 1.54) is 0 Å². The van der Waals surface area contributed by atoms with Gasteiger partial charge >= 0.3 is 5.97 Å². The van der Waals surface area contributed by atoms with E-state index >= 15 is 0 Å². The normalized spacial score (nSPS) is 15.1. The Hall–Kier alpha value is -0.570. The lowest BCUT2D eigenvalue weighted by atomic mass is 10.0. The van der Waals surface area contributed by atoms with Crippen LogP contribution in [0.3, 0.4) is 0 Å². The van der Waals surface area contributed by atoms with E-state index in [2.05, 4.69) is 0 Å². The molecule has 0 aromatic carbocycles. The van der Waals surface area contributed by atoms with Crippen LogP contribution in [0.25, 0.3) is 0 Å². The van der Waals surface area contributed by atoms with E-state index in [4.69, 9.17) is 10.2 Å². The summed E-state index contributed by atoms with van der Waals surface area (Å²) in [4.78, 5) is 10.5. The zero-order valence-electron chi connectivity index (χ0n) is 9.20. The largest absolute Gasteiger partial charge is 0.481 e. The molecule has 2 N–H and O–H groups in total. The van der Waals surface area contributed by atoms with Gasteiger partial charge in [-0.05, 0) is 19.8 Å². The van der Waals surface area contributed by atoms with Crippen LogP contribution < -0.4 is 0 Å².